The molecular weight excluding hydrogens is 416 g/mol. The summed E-state index contributed by atoms with van der Waals surface area (Å²) in [5, 5.41) is 10.8. The summed E-state index contributed by atoms with van der Waals surface area (Å²) in [7, 11) is -3.74. The van der Waals surface area contributed by atoms with Gasteiger partial charge in [0.2, 0.25) is 16.4 Å². The lowest BCUT2D eigenvalue weighted by Gasteiger charge is -2.30. The standard InChI is InChI=1S/C20H23ClN2O5S/c21-19-7-6-17-8-9-22(11-18(17)10-19)29(26,27)14-20(23(25)15-24)13-28-12-16-4-2-1-3-5-16/h1-7,10,15,20,25H,8-9,11-14H2. The molecule has 7 nitrogen and oxygen atoms in total. The smallest absolute Gasteiger partial charge is 0.233 e. The van der Waals surface area contributed by atoms with Gasteiger partial charge in [-0.25, -0.2) is 13.5 Å². The van der Waals surface area contributed by atoms with Gasteiger partial charge >= 0.3 is 0 Å². The van der Waals surface area contributed by atoms with Gasteiger partial charge in [-0.2, -0.15) is 4.31 Å². The fourth-order valence-electron chi connectivity index (χ4n) is 3.26. The van der Waals surface area contributed by atoms with Crippen LogP contribution in [0.3, 0.4) is 0 Å². The van der Waals surface area contributed by atoms with E-state index in [4.69, 9.17) is 16.3 Å². The number of benzene rings is 2. The SMILES string of the molecule is O=CN(O)C(COCc1ccccc1)CS(=O)(=O)N1CCc2ccc(Cl)cc2C1. The average molecular weight is 439 g/mol. The Kier molecular flexibility index (Phi) is 7.26. The molecule has 1 unspecified atom stereocenters. The second-order valence-corrected chi connectivity index (χ2v) is 9.37. The highest BCUT2D eigenvalue weighted by Gasteiger charge is 2.31. The normalized spacial score (nSPS) is 15.5. The van der Waals surface area contributed by atoms with Crippen LogP contribution in [0.5, 0.6) is 0 Å². The van der Waals surface area contributed by atoms with Crippen LogP contribution in [0.25, 0.3) is 0 Å². The minimum Gasteiger partial charge on any atom is -0.374 e. The molecule has 0 radical (unpaired) electrons. The Labute approximate surface area is 175 Å². The maximum atomic E-state index is 12.9. The molecule has 29 heavy (non-hydrogen) atoms. The van der Waals surface area contributed by atoms with Crippen LogP contribution >= 0.6 is 11.6 Å². The van der Waals surface area contributed by atoms with E-state index in [1.165, 1.54) is 4.31 Å². The summed E-state index contributed by atoms with van der Waals surface area (Å²) in [5.41, 5.74) is 2.84. The van der Waals surface area contributed by atoms with Crippen LogP contribution in [0.4, 0.5) is 0 Å². The van der Waals surface area contributed by atoms with Crippen LogP contribution in [0.2, 0.25) is 5.02 Å². The minimum absolute atomic E-state index is 0.111. The van der Waals surface area contributed by atoms with Crippen LogP contribution in [0, 0.1) is 0 Å². The quantitative estimate of drug-likeness (QED) is 0.369. The Morgan fingerprint density at radius 3 is 2.69 bits per heavy atom. The van der Waals surface area contributed by atoms with Crippen molar-refractivity contribution in [2.75, 3.05) is 18.9 Å². The lowest BCUT2D eigenvalue weighted by molar-refractivity contribution is -0.163. The summed E-state index contributed by atoms with van der Waals surface area (Å²) in [4.78, 5) is 11.0. The van der Waals surface area contributed by atoms with Gasteiger partial charge in [-0.1, -0.05) is 48.0 Å². The monoisotopic (exact) mass is 438 g/mol. The molecule has 9 heteroatoms. The van der Waals surface area contributed by atoms with E-state index in [1.807, 2.05) is 36.4 Å². The lowest BCUT2D eigenvalue weighted by Crippen LogP contribution is -2.46. The van der Waals surface area contributed by atoms with Crippen molar-refractivity contribution in [3.63, 3.8) is 0 Å². The van der Waals surface area contributed by atoms with Crippen molar-refractivity contribution < 1.29 is 23.2 Å². The number of hydrogen-bond acceptors (Lipinski definition) is 5. The topological polar surface area (TPSA) is 87.1 Å². The van der Waals surface area contributed by atoms with Crippen LogP contribution < -0.4 is 0 Å². The molecule has 0 aliphatic carbocycles. The zero-order valence-corrected chi connectivity index (χ0v) is 17.3. The third kappa shape index (κ3) is 5.77. The summed E-state index contributed by atoms with van der Waals surface area (Å²) >= 11 is 6.03. The summed E-state index contributed by atoms with van der Waals surface area (Å²) in [6.07, 6.45) is 0.773. The molecule has 1 amide bonds. The van der Waals surface area contributed by atoms with E-state index in [0.29, 0.717) is 23.1 Å². The minimum atomic E-state index is -3.74. The fourth-order valence-corrected chi connectivity index (χ4v) is 5.11. The summed E-state index contributed by atoms with van der Waals surface area (Å²) in [6.45, 7) is 0.683. The molecule has 0 aromatic heterocycles. The third-order valence-corrected chi connectivity index (χ3v) is 6.99. The van der Waals surface area contributed by atoms with Crippen molar-refractivity contribution in [2.24, 2.45) is 0 Å². The Hall–Kier alpha value is -1.97. The molecule has 0 saturated heterocycles. The second kappa shape index (κ2) is 9.69. The molecule has 0 saturated carbocycles. The first-order valence-electron chi connectivity index (χ1n) is 9.18. The third-order valence-electron chi connectivity index (χ3n) is 4.85. The zero-order chi connectivity index (χ0) is 20.9. The predicted molar refractivity (Wildman–Crippen MR) is 109 cm³/mol. The maximum Gasteiger partial charge on any atom is 0.233 e. The van der Waals surface area contributed by atoms with Crippen molar-refractivity contribution in [2.45, 2.75) is 25.6 Å². The molecule has 3 rings (SSSR count). The van der Waals surface area contributed by atoms with Gasteiger partial charge in [-0.05, 0) is 35.2 Å². The molecule has 156 valence electrons. The maximum absolute atomic E-state index is 12.9. The number of hydrogen-bond donors (Lipinski definition) is 1. The lowest BCUT2D eigenvalue weighted by atomic mass is 10.0. The molecule has 2 aromatic carbocycles. The van der Waals surface area contributed by atoms with E-state index in [-0.39, 0.29) is 26.2 Å². The Bertz CT molecular complexity index is 939. The van der Waals surface area contributed by atoms with Crippen LogP contribution in [0.15, 0.2) is 48.5 Å². The molecule has 2 aromatic rings. The summed E-state index contributed by atoms with van der Waals surface area (Å²) < 4.78 is 32.8. The van der Waals surface area contributed by atoms with Crippen molar-refractivity contribution >= 4 is 28.0 Å². The number of rotatable bonds is 9. The molecule has 1 aliphatic heterocycles. The Morgan fingerprint density at radius 2 is 1.97 bits per heavy atom. The van der Waals surface area contributed by atoms with Gasteiger partial charge in [0.1, 0.15) is 0 Å². The Morgan fingerprint density at radius 1 is 1.21 bits per heavy atom. The van der Waals surface area contributed by atoms with Gasteiger partial charge in [0.25, 0.3) is 0 Å². The highest BCUT2D eigenvalue weighted by atomic mass is 35.5. The molecule has 1 heterocycles. The van der Waals surface area contributed by atoms with Gasteiger partial charge in [-0.15, -0.1) is 0 Å². The first-order chi connectivity index (χ1) is 13.9. The number of carbonyl (C=O) groups is 1. The number of fused-ring (bicyclic) bond motifs is 1. The molecule has 0 fully saturated rings. The van der Waals surface area contributed by atoms with Gasteiger partial charge in [0, 0.05) is 18.1 Å². The average Bonchev–Trinajstić information content (AvgIpc) is 2.72. The van der Waals surface area contributed by atoms with Gasteiger partial charge in [0.15, 0.2) is 0 Å². The van der Waals surface area contributed by atoms with E-state index in [1.54, 1.807) is 12.1 Å². The van der Waals surface area contributed by atoms with Crippen LogP contribution in [-0.2, 0) is 39.1 Å². The molecular formula is C20H23ClN2O5S. The number of halogens is 1. The Balaban J connectivity index is 1.65. The number of nitrogens with zero attached hydrogens (tertiary/aromatic N) is 2. The van der Waals surface area contributed by atoms with E-state index in [9.17, 15) is 18.4 Å². The first-order valence-corrected chi connectivity index (χ1v) is 11.2. The van der Waals surface area contributed by atoms with Gasteiger partial charge in [-0.3, -0.25) is 10.0 Å². The van der Waals surface area contributed by atoms with Gasteiger partial charge < -0.3 is 4.74 Å². The predicted octanol–water partition coefficient (Wildman–Crippen LogP) is 2.46. The van der Waals surface area contributed by atoms with E-state index < -0.39 is 21.8 Å². The highest BCUT2D eigenvalue weighted by molar-refractivity contribution is 7.89. The number of amides is 1. The van der Waals surface area contributed by atoms with E-state index >= 15 is 0 Å². The second-order valence-electron chi connectivity index (χ2n) is 6.92. The molecule has 0 bridgehead atoms. The highest BCUT2D eigenvalue weighted by Crippen LogP contribution is 2.25. The van der Waals surface area contributed by atoms with Crippen LogP contribution in [0.1, 0.15) is 16.7 Å². The van der Waals surface area contributed by atoms with Crippen molar-refractivity contribution in [3.05, 3.63) is 70.2 Å². The van der Waals surface area contributed by atoms with Crippen LogP contribution in [-0.4, -0.2) is 54.3 Å². The number of hydroxylamine groups is 2. The molecule has 1 atom stereocenters. The number of ether oxygens (including phenoxy) is 1. The molecule has 1 aliphatic rings. The van der Waals surface area contributed by atoms with E-state index in [0.717, 1.165) is 16.7 Å². The first kappa shape index (κ1) is 21.7. The number of sulfonamides is 1. The van der Waals surface area contributed by atoms with Crippen molar-refractivity contribution in [1.29, 1.82) is 0 Å². The summed E-state index contributed by atoms with van der Waals surface area (Å²) in [5.74, 6) is -0.438. The van der Waals surface area contributed by atoms with Crippen molar-refractivity contribution in [1.82, 2.24) is 9.37 Å². The molecule has 1 N–H and O–H groups in total. The number of carbonyl (C=O) groups excluding carboxylic acids is 1. The fraction of sp³-hybridized carbons (Fsp3) is 0.350. The van der Waals surface area contributed by atoms with Gasteiger partial charge in [0.05, 0.1) is 25.0 Å². The van der Waals surface area contributed by atoms with Crippen molar-refractivity contribution in [3.8, 4) is 0 Å². The molecule has 0 spiro atoms. The largest absolute Gasteiger partial charge is 0.374 e. The summed E-state index contributed by atoms with van der Waals surface area (Å²) in [6, 6.07) is 13.8. The zero-order valence-electron chi connectivity index (χ0n) is 15.8. The van der Waals surface area contributed by atoms with E-state index in [2.05, 4.69) is 0 Å².